The van der Waals surface area contributed by atoms with Gasteiger partial charge >= 0.3 is 0 Å². The summed E-state index contributed by atoms with van der Waals surface area (Å²) in [6.45, 7) is 7.08. The first-order chi connectivity index (χ1) is 9.16. The van der Waals surface area contributed by atoms with Crippen molar-refractivity contribution in [2.24, 2.45) is 5.92 Å². The van der Waals surface area contributed by atoms with Crippen LogP contribution in [0.4, 0.5) is 0 Å². The third-order valence-corrected chi connectivity index (χ3v) is 5.05. The van der Waals surface area contributed by atoms with Crippen molar-refractivity contribution in [1.82, 2.24) is 9.97 Å². The Bertz CT molecular complexity index is 600. The van der Waals surface area contributed by atoms with Crippen LogP contribution in [-0.2, 0) is 11.8 Å². The molecular formula is C17H22N2. The third-order valence-electron chi connectivity index (χ3n) is 5.05. The van der Waals surface area contributed by atoms with E-state index in [-0.39, 0.29) is 5.41 Å². The maximum Gasteiger partial charge on any atom is 0.0486 e. The van der Waals surface area contributed by atoms with E-state index in [2.05, 4.69) is 43.0 Å². The summed E-state index contributed by atoms with van der Waals surface area (Å²) in [7, 11) is 0. The molecule has 0 radical (unpaired) electrons. The maximum absolute atomic E-state index is 4.58. The van der Waals surface area contributed by atoms with Gasteiger partial charge in [0.1, 0.15) is 0 Å². The van der Waals surface area contributed by atoms with Gasteiger partial charge in [0.25, 0.3) is 0 Å². The molecule has 0 saturated heterocycles. The van der Waals surface area contributed by atoms with Gasteiger partial charge in [-0.05, 0) is 35.8 Å². The summed E-state index contributed by atoms with van der Waals surface area (Å²) in [4.78, 5) is 9.05. The predicted octanol–water partition coefficient (Wildman–Crippen LogP) is 4.27. The standard InChI is InChI=1S/C17H22N2/c1-4-5-12(2)17(3)8-6-15-16-13(7-9-19-15)10-18-11-14(16)17/h7,9-12H,4-6,8H2,1-3H3. The number of aromatic nitrogens is 2. The average Bonchev–Trinajstić information content (AvgIpc) is 2.43. The number of hydrogen-bond donors (Lipinski definition) is 0. The quantitative estimate of drug-likeness (QED) is 0.817. The third kappa shape index (κ3) is 1.85. The highest BCUT2D eigenvalue weighted by Crippen LogP contribution is 2.45. The Morgan fingerprint density at radius 1 is 1.37 bits per heavy atom. The molecule has 0 amide bonds. The largest absolute Gasteiger partial charge is 0.264 e. The van der Waals surface area contributed by atoms with Gasteiger partial charge in [0.15, 0.2) is 0 Å². The van der Waals surface area contributed by atoms with E-state index in [1.807, 2.05) is 12.4 Å². The Morgan fingerprint density at radius 2 is 2.21 bits per heavy atom. The molecule has 2 aromatic heterocycles. The first-order valence-electron chi connectivity index (χ1n) is 7.39. The van der Waals surface area contributed by atoms with Gasteiger partial charge < -0.3 is 0 Å². The lowest BCUT2D eigenvalue weighted by Crippen LogP contribution is -2.34. The van der Waals surface area contributed by atoms with Gasteiger partial charge in [0.05, 0.1) is 0 Å². The monoisotopic (exact) mass is 254 g/mol. The molecule has 2 atom stereocenters. The van der Waals surface area contributed by atoms with Crippen LogP contribution in [0.15, 0.2) is 24.7 Å². The van der Waals surface area contributed by atoms with E-state index < -0.39 is 0 Å². The summed E-state index contributed by atoms with van der Waals surface area (Å²) >= 11 is 0. The van der Waals surface area contributed by atoms with Crippen molar-refractivity contribution in [2.75, 3.05) is 0 Å². The highest BCUT2D eigenvalue weighted by molar-refractivity contribution is 5.88. The zero-order valence-corrected chi connectivity index (χ0v) is 12.1. The summed E-state index contributed by atoms with van der Waals surface area (Å²) in [6.07, 6.45) is 10.8. The number of hydrogen-bond acceptors (Lipinski definition) is 2. The minimum absolute atomic E-state index is 0.249. The summed E-state index contributed by atoms with van der Waals surface area (Å²) in [5, 5.41) is 2.62. The normalized spacial score (nSPS) is 23.5. The van der Waals surface area contributed by atoms with Crippen molar-refractivity contribution >= 4 is 10.8 Å². The summed E-state index contributed by atoms with van der Waals surface area (Å²) in [5.41, 5.74) is 2.93. The number of aryl methyl sites for hydroxylation is 1. The molecule has 2 unspecified atom stereocenters. The smallest absolute Gasteiger partial charge is 0.0486 e. The van der Waals surface area contributed by atoms with Gasteiger partial charge in [-0.2, -0.15) is 0 Å². The first kappa shape index (κ1) is 12.6. The molecule has 0 aliphatic heterocycles. The Balaban J connectivity index is 2.21. The molecule has 0 bridgehead atoms. The maximum atomic E-state index is 4.58. The van der Waals surface area contributed by atoms with Crippen LogP contribution >= 0.6 is 0 Å². The van der Waals surface area contributed by atoms with E-state index in [1.165, 1.54) is 41.3 Å². The SMILES string of the molecule is CCCC(C)C1(C)CCc2nccc3cncc1c23. The number of nitrogens with zero attached hydrogens (tertiary/aromatic N) is 2. The fourth-order valence-electron chi connectivity index (χ4n) is 3.60. The Labute approximate surface area is 115 Å². The number of pyridine rings is 2. The van der Waals surface area contributed by atoms with E-state index in [0.29, 0.717) is 5.92 Å². The van der Waals surface area contributed by atoms with Crippen molar-refractivity contribution in [3.8, 4) is 0 Å². The fraction of sp³-hybridized carbons (Fsp3) is 0.529. The van der Waals surface area contributed by atoms with Crippen LogP contribution in [0.1, 0.15) is 51.3 Å². The van der Waals surface area contributed by atoms with Crippen molar-refractivity contribution in [3.05, 3.63) is 35.9 Å². The molecule has 3 rings (SSSR count). The minimum Gasteiger partial charge on any atom is -0.264 e. The van der Waals surface area contributed by atoms with E-state index in [1.54, 1.807) is 0 Å². The van der Waals surface area contributed by atoms with Crippen LogP contribution in [0.5, 0.6) is 0 Å². The second-order valence-corrected chi connectivity index (χ2v) is 6.15. The van der Waals surface area contributed by atoms with Crippen molar-refractivity contribution < 1.29 is 0 Å². The highest BCUT2D eigenvalue weighted by atomic mass is 14.7. The molecule has 0 fully saturated rings. The molecule has 0 saturated carbocycles. The van der Waals surface area contributed by atoms with E-state index in [0.717, 1.165) is 6.42 Å². The predicted molar refractivity (Wildman–Crippen MR) is 79.3 cm³/mol. The molecular weight excluding hydrogens is 232 g/mol. The topological polar surface area (TPSA) is 25.8 Å². The molecule has 1 aliphatic rings. The lowest BCUT2D eigenvalue weighted by atomic mass is 9.65. The van der Waals surface area contributed by atoms with Gasteiger partial charge in [0.2, 0.25) is 0 Å². The Morgan fingerprint density at radius 3 is 3.00 bits per heavy atom. The van der Waals surface area contributed by atoms with E-state index >= 15 is 0 Å². The summed E-state index contributed by atoms with van der Waals surface area (Å²) in [5.74, 6) is 0.693. The molecule has 0 aromatic carbocycles. The summed E-state index contributed by atoms with van der Waals surface area (Å²) in [6, 6.07) is 2.09. The van der Waals surface area contributed by atoms with Crippen LogP contribution in [0, 0.1) is 5.92 Å². The van der Waals surface area contributed by atoms with Crippen molar-refractivity contribution in [1.29, 1.82) is 0 Å². The first-order valence-corrected chi connectivity index (χ1v) is 7.39. The van der Waals surface area contributed by atoms with Crippen LogP contribution < -0.4 is 0 Å². The lowest BCUT2D eigenvalue weighted by molar-refractivity contribution is 0.271. The molecule has 100 valence electrons. The molecule has 2 nitrogen and oxygen atoms in total. The molecule has 19 heavy (non-hydrogen) atoms. The second kappa shape index (κ2) is 4.59. The van der Waals surface area contributed by atoms with E-state index in [9.17, 15) is 0 Å². The minimum atomic E-state index is 0.249. The molecule has 0 N–H and O–H groups in total. The van der Waals surface area contributed by atoms with Crippen LogP contribution in [0.3, 0.4) is 0 Å². The molecule has 2 heterocycles. The molecule has 0 spiro atoms. The zero-order valence-electron chi connectivity index (χ0n) is 12.1. The second-order valence-electron chi connectivity index (χ2n) is 6.15. The summed E-state index contributed by atoms with van der Waals surface area (Å²) < 4.78 is 0. The highest BCUT2D eigenvalue weighted by Gasteiger charge is 2.37. The van der Waals surface area contributed by atoms with Gasteiger partial charge in [0, 0.05) is 35.1 Å². The Hall–Kier alpha value is -1.44. The van der Waals surface area contributed by atoms with Crippen LogP contribution in [0.2, 0.25) is 0 Å². The lowest BCUT2D eigenvalue weighted by Gasteiger charge is -2.40. The van der Waals surface area contributed by atoms with Gasteiger partial charge in [-0.1, -0.05) is 33.6 Å². The molecule has 2 aromatic rings. The van der Waals surface area contributed by atoms with Gasteiger partial charge in [-0.3, -0.25) is 9.97 Å². The molecule has 2 heteroatoms. The van der Waals surface area contributed by atoms with Crippen molar-refractivity contribution in [2.45, 2.75) is 51.9 Å². The van der Waals surface area contributed by atoms with Crippen LogP contribution in [-0.4, -0.2) is 9.97 Å². The molecule has 1 aliphatic carbocycles. The van der Waals surface area contributed by atoms with Crippen molar-refractivity contribution in [3.63, 3.8) is 0 Å². The average molecular weight is 254 g/mol. The van der Waals surface area contributed by atoms with Crippen LogP contribution in [0.25, 0.3) is 10.8 Å². The van der Waals surface area contributed by atoms with Gasteiger partial charge in [-0.15, -0.1) is 0 Å². The van der Waals surface area contributed by atoms with E-state index in [4.69, 9.17) is 0 Å². The number of rotatable bonds is 3. The zero-order chi connectivity index (χ0) is 13.5. The fourth-order valence-corrected chi connectivity index (χ4v) is 3.60. The Kier molecular flexibility index (Phi) is 3.04. The van der Waals surface area contributed by atoms with Gasteiger partial charge in [-0.25, -0.2) is 0 Å².